The van der Waals surface area contributed by atoms with Gasteiger partial charge in [0, 0.05) is 22.1 Å². The van der Waals surface area contributed by atoms with Crippen LogP contribution in [0.15, 0.2) is 45.3 Å². The summed E-state index contributed by atoms with van der Waals surface area (Å²) in [6, 6.07) is 7.07. The molecule has 0 amide bonds. The van der Waals surface area contributed by atoms with E-state index in [1.165, 1.54) is 15.7 Å². The van der Waals surface area contributed by atoms with Crippen molar-refractivity contribution in [3.63, 3.8) is 0 Å². The molecule has 0 aliphatic heterocycles. The summed E-state index contributed by atoms with van der Waals surface area (Å²) in [5.74, 6) is -0.0149. The number of rotatable bonds is 4. The second kappa shape index (κ2) is 5.41. The standard InChI is InChI=1S/C12H11BrN4O2S2/c13-8-4-6-20-9(8)7-15-21(18,19)12-11(14)16-10-3-1-2-5-17(10)12/h1-6,15H,7,14H2. The monoisotopic (exact) mass is 386 g/mol. The Labute approximate surface area is 133 Å². The molecule has 0 aliphatic rings. The second-order valence-electron chi connectivity index (χ2n) is 4.25. The first-order valence-corrected chi connectivity index (χ1v) is 9.09. The van der Waals surface area contributed by atoms with Crippen molar-refractivity contribution in [1.82, 2.24) is 14.1 Å². The van der Waals surface area contributed by atoms with Gasteiger partial charge in [-0.15, -0.1) is 11.3 Å². The van der Waals surface area contributed by atoms with Gasteiger partial charge in [0.15, 0.2) is 10.8 Å². The van der Waals surface area contributed by atoms with Gasteiger partial charge in [0.2, 0.25) is 0 Å². The molecule has 21 heavy (non-hydrogen) atoms. The molecular weight excluding hydrogens is 376 g/mol. The average molecular weight is 387 g/mol. The largest absolute Gasteiger partial charge is 0.381 e. The predicted octanol–water partition coefficient (Wildman–Crippen LogP) is 2.22. The number of pyridine rings is 1. The molecule has 0 atom stereocenters. The smallest absolute Gasteiger partial charge is 0.260 e. The molecule has 9 heteroatoms. The number of nitrogens with two attached hydrogens (primary N) is 1. The second-order valence-corrected chi connectivity index (χ2v) is 7.78. The summed E-state index contributed by atoms with van der Waals surface area (Å²) in [4.78, 5) is 4.95. The topological polar surface area (TPSA) is 89.5 Å². The van der Waals surface area contributed by atoms with Gasteiger partial charge in [0.05, 0.1) is 0 Å². The first-order valence-electron chi connectivity index (χ1n) is 5.93. The number of nitrogens with zero attached hydrogens (tertiary/aromatic N) is 2. The Kier molecular flexibility index (Phi) is 3.74. The highest BCUT2D eigenvalue weighted by Crippen LogP contribution is 2.24. The van der Waals surface area contributed by atoms with Gasteiger partial charge in [-0.05, 0) is 39.5 Å². The van der Waals surface area contributed by atoms with Crippen molar-refractivity contribution < 1.29 is 8.42 Å². The lowest BCUT2D eigenvalue weighted by molar-refractivity contribution is 0.577. The van der Waals surface area contributed by atoms with Gasteiger partial charge in [-0.2, -0.15) is 0 Å². The number of hydrogen-bond acceptors (Lipinski definition) is 5. The lowest BCUT2D eigenvalue weighted by Crippen LogP contribution is -2.25. The van der Waals surface area contributed by atoms with Crippen LogP contribution in [0.2, 0.25) is 0 Å². The highest BCUT2D eigenvalue weighted by Gasteiger charge is 2.23. The Morgan fingerprint density at radius 2 is 2.19 bits per heavy atom. The van der Waals surface area contributed by atoms with Crippen LogP contribution in [0, 0.1) is 0 Å². The minimum Gasteiger partial charge on any atom is -0.381 e. The van der Waals surface area contributed by atoms with E-state index in [2.05, 4.69) is 25.6 Å². The number of anilines is 1. The van der Waals surface area contributed by atoms with Crippen LogP contribution in [0.1, 0.15) is 4.88 Å². The Morgan fingerprint density at radius 3 is 2.90 bits per heavy atom. The maximum Gasteiger partial charge on any atom is 0.260 e. The summed E-state index contributed by atoms with van der Waals surface area (Å²) in [6.45, 7) is 0.195. The maximum atomic E-state index is 12.5. The van der Waals surface area contributed by atoms with Gasteiger partial charge in [-0.3, -0.25) is 4.40 Å². The van der Waals surface area contributed by atoms with Crippen molar-refractivity contribution in [2.24, 2.45) is 0 Å². The number of nitrogens with one attached hydrogen (secondary N) is 1. The van der Waals surface area contributed by atoms with Gasteiger partial charge in [0.1, 0.15) is 5.65 Å². The quantitative estimate of drug-likeness (QED) is 0.719. The van der Waals surface area contributed by atoms with E-state index < -0.39 is 10.0 Å². The number of nitrogen functional groups attached to an aromatic ring is 1. The molecule has 3 heterocycles. The maximum absolute atomic E-state index is 12.5. The number of hydrogen-bond donors (Lipinski definition) is 2. The molecule has 0 saturated carbocycles. The Balaban J connectivity index is 1.97. The summed E-state index contributed by atoms with van der Waals surface area (Å²) in [5.41, 5.74) is 6.25. The van der Waals surface area contributed by atoms with Crippen LogP contribution in [0.25, 0.3) is 5.65 Å². The van der Waals surface area contributed by atoms with E-state index in [1.807, 2.05) is 11.4 Å². The van der Waals surface area contributed by atoms with Gasteiger partial charge in [-0.1, -0.05) is 6.07 Å². The lowest BCUT2D eigenvalue weighted by Gasteiger charge is -2.06. The van der Waals surface area contributed by atoms with Crippen LogP contribution in [-0.4, -0.2) is 17.8 Å². The number of aromatic nitrogens is 2. The summed E-state index contributed by atoms with van der Waals surface area (Å²) < 4.78 is 29.8. The fourth-order valence-electron chi connectivity index (χ4n) is 1.94. The first-order chi connectivity index (χ1) is 9.99. The van der Waals surface area contributed by atoms with E-state index in [1.54, 1.807) is 24.4 Å². The minimum absolute atomic E-state index is 0.0149. The summed E-state index contributed by atoms with van der Waals surface area (Å²) in [6.07, 6.45) is 1.62. The van der Waals surface area contributed by atoms with Crippen molar-refractivity contribution in [2.75, 3.05) is 5.73 Å². The summed E-state index contributed by atoms with van der Waals surface area (Å²) in [7, 11) is -3.76. The third kappa shape index (κ3) is 2.69. The Morgan fingerprint density at radius 1 is 1.38 bits per heavy atom. The van der Waals surface area contributed by atoms with Gasteiger partial charge >= 0.3 is 0 Å². The SMILES string of the molecule is Nc1nc2ccccn2c1S(=O)(=O)NCc1sccc1Br. The molecule has 0 fully saturated rings. The fraction of sp³-hybridized carbons (Fsp3) is 0.0833. The van der Waals surface area contributed by atoms with Crippen LogP contribution >= 0.6 is 27.3 Å². The molecule has 0 unspecified atom stereocenters. The lowest BCUT2D eigenvalue weighted by atomic mass is 10.5. The van der Waals surface area contributed by atoms with E-state index in [9.17, 15) is 8.42 Å². The molecule has 110 valence electrons. The van der Waals surface area contributed by atoms with E-state index in [0.717, 1.165) is 9.35 Å². The number of halogens is 1. The minimum atomic E-state index is -3.76. The van der Waals surface area contributed by atoms with E-state index >= 15 is 0 Å². The van der Waals surface area contributed by atoms with Crippen LogP contribution < -0.4 is 10.5 Å². The molecule has 0 aromatic carbocycles. The zero-order valence-electron chi connectivity index (χ0n) is 10.7. The highest BCUT2D eigenvalue weighted by molar-refractivity contribution is 9.10. The summed E-state index contributed by atoms with van der Waals surface area (Å²) in [5, 5.41) is 1.85. The fourth-order valence-corrected chi connectivity index (χ4v) is 4.67. The third-order valence-corrected chi connectivity index (χ3v) is 6.25. The zero-order chi connectivity index (χ0) is 15.0. The van der Waals surface area contributed by atoms with Crippen LogP contribution in [-0.2, 0) is 16.6 Å². The predicted molar refractivity (Wildman–Crippen MR) is 85.6 cm³/mol. The Hall–Kier alpha value is -1.42. The van der Waals surface area contributed by atoms with Crippen molar-refractivity contribution in [2.45, 2.75) is 11.6 Å². The van der Waals surface area contributed by atoms with Gasteiger partial charge in [0.25, 0.3) is 10.0 Å². The number of thiophene rings is 1. The van der Waals surface area contributed by atoms with E-state index in [-0.39, 0.29) is 17.4 Å². The molecule has 0 aliphatic carbocycles. The normalized spacial score (nSPS) is 12.0. The molecule has 3 N–H and O–H groups in total. The zero-order valence-corrected chi connectivity index (χ0v) is 13.9. The molecule has 3 aromatic rings. The number of imidazole rings is 1. The van der Waals surface area contributed by atoms with Crippen molar-refractivity contribution >= 4 is 48.8 Å². The average Bonchev–Trinajstić information content (AvgIpc) is 2.99. The van der Waals surface area contributed by atoms with Crippen LogP contribution in [0.4, 0.5) is 5.82 Å². The molecule has 3 aromatic heterocycles. The van der Waals surface area contributed by atoms with Crippen LogP contribution in [0.5, 0.6) is 0 Å². The van der Waals surface area contributed by atoms with Crippen molar-refractivity contribution in [1.29, 1.82) is 0 Å². The molecule has 6 nitrogen and oxygen atoms in total. The van der Waals surface area contributed by atoms with E-state index in [0.29, 0.717) is 5.65 Å². The molecular formula is C12H11BrN4O2S2. The third-order valence-electron chi connectivity index (χ3n) is 2.88. The van der Waals surface area contributed by atoms with Gasteiger partial charge < -0.3 is 5.73 Å². The molecule has 0 spiro atoms. The molecule has 0 saturated heterocycles. The Bertz CT molecular complexity index is 901. The summed E-state index contributed by atoms with van der Waals surface area (Å²) >= 11 is 4.84. The van der Waals surface area contributed by atoms with Crippen molar-refractivity contribution in [3.05, 3.63) is 45.2 Å². The molecule has 3 rings (SSSR count). The molecule has 0 bridgehead atoms. The number of sulfonamides is 1. The first kappa shape index (κ1) is 14.5. The van der Waals surface area contributed by atoms with Crippen molar-refractivity contribution in [3.8, 4) is 0 Å². The van der Waals surface area contributed by atoms with Crippen LogP contribution in [0.3, 0.4) is 0 Å². The van der Waals surface area contributed by atoms with E-state index in [4.69, 9.17) is 5.73 Å². The highest BCUT2D eigenvalue weighted by atomic mass is 79.9. The number of fused-ring (bicyclic) bond motifs is 1. The van der Waals surface area contributed by atoms with Gasteiger partial charge in [-0.25, -0.2) is 18.1 Å². The molecule has 0 radical (unpaired) electrons.